The van der Waals surface area contributed by atoms with Gasteiger partial charge in [-0.3, -0.25) is 0 Å². The van der Waals surface area contributed by atoms with Crippen LogP contribution in [-0.4, -0.2) is 76.3 Å². The summed E-state index contributed by atoms with van der Waals surface area (Å²) >= 11 is 0. The van der Waals surface area contributed by atoms with E-state index in [0.717, 1.165) is 8.97 Å². The molecule has 0 bridgehead atoms. The summed E-state index contributed by atoms with van der Waals surface area (Å²) in [5.41, 5.74) is 0. The lowest BCUT2D eigenvalue weighted by molar-refractivity contribution is -0.868. The molecule has 0 radical (unpaired) electrons. The number of aliphatic carboxylic acids is 2. The molecule has 19 heavy (non-hydrogen) atoms. The Labute approximate surface area is 117 Å². The SMILES string of the molecule is CC[N+](C)(C)C.CC[N+](C)(C)C.O=C([O-])CC(=O)[O-]. The Morgan fingerprint density at radius 3 is 0.895 bits per heavy atom. The van der Waals surface area contributed by atoms with Crippen LogP contribution in [0.25, 0.3) is 0 Å². The maximum absolute atomic E-state index is 9.28. The third kappa shape index (κ3) is 47.4. The highest BCUT2D eigenvalue weighted by Crippen LogP contribution is 1.84. The lowest BCUT2D eigenvalue weighted by Gasteiger charge is -2.20. The van der Waals surface area contributed by atoms with E-state index in [9.17, 15) is 19.8 Å². The smallest absolute Gasteiger partial charge is 0.0751 e. The standard InChI is InChI=1S/2C5H14N.C3H4O4/c2*1-5-6(2,3)4;4-2(5)1-3(6)7/h2*5H2,1-4H3;1H2,(H,4,5)(H,6,7)/q2*+1;/p-2. The van der Waals surface area contributed by atoms with E-state index in [1.54, 1.807) is 0 Å². The van der Waals surface area contributed by atoms with Crippen LogP contribution in [0.15, 0.2) is 0 Å². The Bertz CT molecular complexity index is 226. The molecule has 0 heterocycles. The van der Waals surface area contributed by atoms with Crippen LogP contribution in [0.2, 0.25) is 0 Å². The van der Waals surface area contributed by atoms with Crippen LogP contribution < -0.4 is 10.2 Å². The number of rotatable bonds is 4. The van der Waals surface area contributed by atoms with Crippen LogP contribution in [0.5, 0.6) is 0 Å². The number of hydrogen-bond acceptors (Lipinski definition) is 4. The fourth-order valence-corrected chi connectivity index (χ4v) is 0.118. The average Bonchev–Trinajstić information content (AvgIpc) is 2.15. The molecular weight excluding hydrogens is 248 g/mol. The highest BCUT2D eigenvalue weighted by molar-refractivity contribution is 5.86. The predicted octanol–water partition coefficient (Wildman–Crippen LogP) is -1.70. The van der Waals surface area contributed by atoms with E-state index in [1.165, 1.54) is 13.1 Å². The Morgan fingerprint density at radius 2 is 0.895 bits per heavy atom. The van der Waals surface area contributed by atoms with Crippen LogP contribution >= 0.6 is 0 Å². The van der Waals surface area contributed by atoms with Crippen molar-refractivity contribution in [1.82, 2.24) is 0 Å². The van der Waals surface area contributed by atoms with Gasteiger partial charge in [0.1, 0.15) is 0 Å². The van der Waals surface area contributed by atoms with E-state index in [1.807, 2.05) is 0 Å². The van der Waals surface area contributed by atoms with Crippen LogP contribution in [-0.2, 0) is 9.59 Å². The molecule has 0 aromatic carbocycles. The number of carbonyl (C=O) groups is 2. The van der Waals surface area contributed by atoms with Crippen molar-refractivity contribution in [2.24, 2.45) is 0 Å². The van der Waals surface area contributed by atoms with Gasteiger partial charge in [0.05, 0.1) is 55.4 Å². The van der Waals surface area contributed by atoms with Gasteiger partial charge in [-0.1, -0.05) is 0 Å². The van der Waals surface area contributed by atoms with Crippen LogP contribution in [0.3, 0.4) is 0 Å². The van der Waals surface area contributed by atoms with E-state index in [2.05, 4.69) is 56.1 Å². The van der Waals surface area contributed by atoms with Crippen molar-refractivity contribution in [2.45, 2.75) is 20.3 Å². The second kappa shape index (κ2) is 10.8. The molecule has 0 spiro atoms. The molecule has 0 amide bonds. The molecule has 6 heteroatoms. The first kappa shape index (κ1) is 23.0. The fraction of sp³-hybridized carbons (Fsp3) is 0.846. The lowest BCUT2D eigenvalue weighted by atomic mass is 10.5. The van der Waals surface area contributed by atoms with Crippen LogP contribution in [0.1, 0.15) is 20.3 Å². The van der Waals surface area contributed by atoms with Crippen molar-refractivity contribution in [1.29, 1.82) is 0 Å². The molecule has 0 aliphatic heterocycles. The molecular formula is C13H30N2O4. The van der Waals surface area contributed by atoms with Gasteiger partial charge >= 0.3 is 0 Å². The summed E-state index contributed by atoms with van der Waals surface area (Å²) in [6.07, 6.45) is -1.03. The summed E-state index contributed by atoms with van der Waals surface area (Å²) in [6.45, 7) is 6.78. The first-order valence-corrected chi connectivity index (χ1v) is 6.25. The van der Waals surface area contributed by atoms with Gasteiger partial charge in [-0.2, -0.15) is 0 Å². The number of quaternary nitrogens is 2. The monoisotopic (exact) mass is 278 g/mol. The summed E-state index contributed by atoms with van der Waals surface area (Å²) in [5.74, 6) is -3.25. The highest BCUT2D eigenvalue weighted by atomic mass is 16.4. The molecule has 0 atom stereocenters. The van der Waals surface area contributed by atoms with E-state index >= 15 is 0 Å². The number of carboxylic acid groups (broad SMARTS) is 2. The minimum absolute atomic E-state index is 1.03. The van der Waals surface area contributed by atoms with Gasteiger partial charge in [0, 0.05) is 18.4 Å². The quantitative estimate of drug-likeness (QED) is 0.453. The van der Waals surface area contributed by atoms with Gasteiger partial charge in [0.15, 0.2) is 0 Å². The Hall–Kier alpha value is -1.14. The third-order valence-electron chi connectivity index (χ3n) is 2.19. The van der Waals surface area contributed by atoms with Crippen molar-refractivity contribution >= 4 is 11.9 Å². The predicted molar refractivity (Wildman–Crippen MR) is 71.8 cm³/mol. The molecule has 0 saturated heterocycles. The Kier molecular flexibility index (Phi) is 13.0. The maximum Gasteiger partial charge on any atom is 0.0751 e. The Balaban J connectivity index is -0.000000203. The molecule has 0 unspecified atom stereocenters. The molecule has 0 N–H and O–H groups in total. The number of carboxylic acids is 2. The number of carbonyl (C=O) groups excluding carboxylic acids is 2. The van der Waals surface area contributed by atoms with Gasteiger partial charge in [0.25, 0.3) is 0 Å². The molecule has 0 aliphatic rings. The number of nitrogens with zero attached hydrogens (tertiary/aromatic N) is 2. The zero-order valence-corrected chi connectivity index (χ0v) is 13.6. The normalized spacial score (nSPS) is 10.5. The largest absolute Gasteiger partial charge is 0.550 e. The third-order valence-corrected chi connectivity index (χ3v) is 2.19. The van der Waals surface area contributed by atoms with Gasteiger partial charge in [-0.15, -0.1) is 0 Å². The van der Waals surface area contributed by atoms with Crippen molar-refractivity contribution in [3.05, 3.63) is 0 Å². The van der Waals surface area contributed by atoms with Gasteiger partial charge in [-0.25, -0.2) is 0 Å². The summed E-state index contributed by atoms with van der Waals surface area (Å²) < 4.78 is 2.14. The molecule has 0 fully saturated rings. The van der Waals surface area contributed by atoms with Gasteiger partial charge in [-0.05, 0) is 13.8 Å². The van der Waals surface area contributed by atoms with E-state index in [-0.39, 0.29) is 0 Å². The summed E-state index contributed by atoms with van der Waals surface area (Å²) in [4.78, 5) is 18.6. The molecule has 116 valence electrons. The summed E-state index contributed by atoms with van der Waals surface area (Å²) in [6, 6.07) is 0. The van der Waals surface area contributed by atoms with Gasteiger partial charge in [0.2, 0.25) is 0 Å². The summed E-state index contributed by atoms with van der Waals surface area (Å²) in [7, 11) is 13.1. The lowest BCUT2D eigenvalue weighted by Crippen LogP contribution is -2.33. The van der Waals surface area contributed by atoms with Gasteiger partial charge < -0.3 is 28.8 Å². The summed E-state index contributed by atoms with van der Waals surface area (Å²) in [5, 5.41) is 18.6. The highest BCUT2D eigenvalue weighted by Gasteiger charge is 1.98. The van der Waals surface area contributed by atoms with Crippen molar-refractivity contribution in [3.63, 3.8) is 0 Å². The second-order valence-electron chi connectivity index (χ2n) is 6.13. The second-order valence-corrected chi connectivity index (χ2v) is 6.13. The molecule has 0 aliphatic carbocycles. The molecule has 0 saturated carbocycles. The minimum atomic E-state index is -1.63. The first-order valence-electron chi connectivity index (χ1n) is 6.25. The molecule has 0 rings (SSSR count). The minimum Gasteiger partial charge on any atom is -0.550 e. The Morgan fingerprint density at radius 1 is 0.737 bits per heavy atom. The van der Waals surface area contributed by atoms with E-state index in [0.29, 0.717) is 0 Å². The van der Waals surface area contributed by atoms with Crippen LogP contribution in [0, 0.1) is 0 Å². The topological polar surface area (TPSA) is 80.3 Å². The number of hydrogen-bond donors (Lipinski definition) is 0. The zero-order valence-electron chi connectivity index (χ0n) is 13.6. The first-order chi connectivity index (χ1) is 8.25. The van der Waals surface area contributed by atoms with Crippen molar-refractivity contribution in [3.8, 4) is 0 Å². The molecule has 0 aromatic rings. The van der Waals surface area contributed by atoms with E-state index < -0.39 is 18.4 Å². The van der Waals surface area contributed by atoms with Crippen LogP contribution in [0.4, 0.5) is 0 Å². The van der Waals surface area contributed by atoms with E-state index in [4.69, 9.17) is 0 Å². The fourth-order valence-electron chi connectivity index (χ4n) is 0.118. The molecule has 0 aromatic heterocycles. The zero-order chi connectivity index (χ0) is 16.3. The maximum atomic E-state index is 9.28. The average molecular weight is 278 g/mol. The van der Waals surface area contributed by atoms with Crippen molar-refractivity contribution < 1.29 is 28.8 Å². The molecule has 6 nitrogen and oxygen atoms in total. The van der Waals surface area contributed by atoms with Crippen molar-refractivity contribution in [2.75, 3.05) is 55.4 Å².